The molecular formula is C15H10ClNOS2. The van der Waals surface area contributed by atoms with Gasteiger partial charge in [0.1, 0.15) is 0 Å². The molecule has 0 N–H and O–H groups in total. The minimum Gasteiger partial charge on any atom is -0.326 e. The zero-order valence-electron chi connectivity index (χ0n) is 10.6. The second-order valence-electron chi connectivity index (χ2n) is 4.45. The average molecular weight is 320 g/mol. The molecular weight excluding hydrogens is 310 g/mol. The van der Waals surface area contributed by atoms with Gasteiger partial charge in [0.25, 0.3) is 0 Å². The highest BCUT2D eigenvalue weighted by molar-refractivity contribution is 7.73. The van der Waals surface area contributed by atoms with Gasteiger partial charge in [-0.05, 0) is 54.7 Å². The molecule has 1 aromatic heterocycles. The summed E-state index contributed by atoms with van der Waals surface area (Å²) in [4.78, 5) is 12.4. The molecule has 0 unspecified atom stereocenters. The number of halogens is 1. The number of ketones is 1. The van der Waals surface area contributed by atoms with E-state index in [0.29, 0.717) is 16.1 Å². The lowest BCUT2D eigenvalue weighted by Crippen LogP contribution is -2.00. The fourth-order valence-electron chi connectivity index (χ4n) is 2.04. The van der Waals surface area contributed by atoms with Crippen LogP contribution >= 0.6 is 35.2 Å². The van der Waals surface area contributed by atoms with Crippen LogP contribution in [0.5, 0.6) is 0 Å². The molecule has 0 bridgehead atoms. The van der Waals surface area contributed by atoms with Crippen LogP contribution in [-0.2, 0) is 7.05 Å². The smallest absolute Gasteiger partial charge is 0.193 e. The maximum Gasteiger partial charge on any atom is 0.193 e. The van der Waals surface area contributed by atoms with E-state index >= 15 is 0 Å². The van der Waals surface area contributed by atoms with E-state index in [9.17, 15) is 4.79 Å². The molecule has 1 heterocycles. The Bertz CT molecular complexity index is 862. The molecule has 0 radical (unpaired) electrons. The summed E-state index contributed by atoms with van der Waals surface area (Å²) in [5.41, 5.74) is 2.35. The van der Waals surface area contributed by atoms with Crippen LogP contribution in [0.25, 0.3) is 10.2 Å². The molecule has 3 rings (SSSR count). The number of carbonyl (C=O) groups excluding carboxylic acids is 1. The van der Waals surface area contributed by atoms with Crippen molar-refractivity contribution in [3.8, 4) is 0 Å². The number of hydrogen-bond donors (Lipinski definition) is 0. The third kappa shape index (κ3) is 2.30. The van der Waals surface area contributed by atoms with Crippen molar-refractivity contribution in [1.82, 2.24) is 4.57 Å². The van der Waals surface area contributed by atoms with Crippen molar-refractivity contribution in [2.24, 2.45) is 7.05 Å². The zero-order valence-corrected chi connectivity index (χ0v) is 13.0. The number of nitrogens with zero attached hydrogens (tertiary/aromatic N) is 1. The Hall–Kier alpha value is -1.49. The fourth-order valence-corrected chi connectivity index (χ4v) is 3.46. The lowest BCUT2D eigenvalue weighted by atomic mass is 10.0. The lowest BCUT2D eigenvalue weighted by molar-refractivity contribution is 0.103. The maximum absolute atomic E-state index is 12.4. The van der Waals surface area contributed by atoms with Gasteiger partial charge in [-0.2, -0.15) is 0 Å². The van der Waals surface area contributed by atoms with E-state index < -0.39 is 0 Å². The minimum absolute atomic E-state index is 0.00876. The minimum atomic E-state index is -0.00876. The van der Waals surface area contributed by atoms with Gasteiger partial charge in [0.2, 0.25) is 0 Å². The summed E-state index contributed by atoms with van der Waals surface area (Å²) in [5, 5.41) is 0.623. The van der Waals surface area contributed by atoms with E-state index in [1.165, 1.54) is 11.3 Å². The van der Waals surface area contributed by atoms with Gasteiger partial charge in [-0.25, -0.2) is 0 Å². The van der Waals surface area contributed by atoms with Crippen molar-refractivity contribution >= 4 is 51.2 Å². The molecule has 0 fully saturated rings. The quantitative estimate of drug-likeness (QED) is 0.497. The van der Waals surface area contributed by atoms with Gasteiger partial charge in [-0.3, -0.25) is 4.79 Å². The Morgan fingerprint density at radius 3 is 2.50 bits per heavy atom. The molecule has 0 aliphatic heterocycles. The van der Waals surface area contributed by atoms with E-state index in [2.05, 4.69) is 0 Å². The number of carbonyl (C=O) groups is 1. The van der Waals surface area contributed by atoms with Crippen molar-refractivity contribution in [3.05, 3.63) is 62.6 Å². The normalized spacial score (nSPS) is 10.9. The highest BCUT2D eigenvalue weighted by Crippen LogP contribution is 2.24. The second kappa shape index (κ2) is 5.13. The number of aromatic nitrogens is 1. The monoisotopic (exact) mass is 319 g/mol. The summed E-state index contributed by atoms with van der Waals surface area (Å²) in [6.07, 6.45) is 0. The van der Waals surface area contributed by atoms with Gasteiger partial charge in [-0.1, -0.05) is 11.6 Å². The number of thiazole rings is 1. The Morgan fingerprint density at radius 1 is 1.15 bits per heavy atom. The summed E-state index contributed by atoms with van der Waals surface area (Å²) in [7, 11) is 1.93. The molecule has 0 saturated carbocycles. The maximum atomic E-state index is 12.4. The fraction of sp³-hybridized carbons (Fsp3) is 0.0667. The molecule has 100 valence electrons. The number of benzene rings is 2. The van der Waals surface area contributed by atoms with Gasteiger partial charge in [0.15, 0.2) is 9.74 Å². The molecule has 0 saturated heterocycles. The highest BCUT2D eigenvalue weighted by atomic mass is 35.5. The molecule has 0 atom stereocenters. The summed E-state index contributed by atoms with van der Waals surface area (Å²) >= 11 is 12.6. The summed E-state index contributed by atoms with van der Waals surface area (Å²) in [6.45, 7) is 0. The van der Waals surface area contributed by atoms with Crippen molar-refractivity contribution < 1.29 is 4.79 Å². The zero-order chi connectivity index (χ0) is 14.3. The standard InChI is InChI=1S/C15H10ClNOS2/c1-17-12-7-4-10(8-13(12)20-15(17)19)14(18)9-2-5-11(16)6-3-9/h2-8H,1H3. The van der Waals surface area contributed by atoms with Crippen LogP contribution < -0.4 is 0 Å². The van der Waals surface area contributed by atoms with Crippen LogP contribution in [0.1, 0.15) is 15.9 Å². The first kappa shape index (κ1) is 13.5. The Balaban J connectivity index is 2.08. The van der Waals surface area contributed by atoms with Gasteiger partial charge < -0.3 is 4.57 Å². The number of hydrogen-bond acceptors (Lipinski definition) is 3. The highest BCUT2D eigenvalue weighted by Gasteiger charge is 2.11. The van der Waals surface area contributed by atoms with E-state index in [0.717, 1.165) is 14.2 Å². The van der Waals surface area contributed by atoms with Crippen LogP contribution in [0.3, 0.4) is 0 Å². The summed E-state index contributed by atoms with van der Waals surface area (Å²) in [5.74, 6) is -0.00876. The predicted molar refractivity (Wildman–Crippen MR) is 86.5 cm³/mol. The molecule has 2 nitrogen and oxygen atoms in total. The molecule has 3 aromatic rings. The Kier molecular flexibility index (Phi) is 3.46. The first-order chi connectivity index (χ1) is 9.56. The molecule has 0 aliphatic carbocycles. The third-order valence-electron chi connectivity index (χ3n) is 3.16. The van der Waals surface area contributed by atoms with E-state index in [1.807, 2.05) is 29.8 Å². The molecule has 5 heteroatoms. The molecule has 0 spiro atoms. The van der Waals surface area contributed by atoms with Crippen LogP contribution in [0.2, 0.25) is 5.02 Å². The molecule has 20 heavy (non-hydrogen) atoms. The topological polar surface area (TPSA) is 22.0 Å². The van der Waals surface area contributed by atoms with Gasteiger partial charge in [0, 0.05) is 23.2 Å². The van der Waals surface area contributed by atoms with Crippen LogP contribution in [0, 0.1) is 3.95 Å². The van der Waals surface area contributed by atoms with Gasteiger partial charge in [-0.15, -0.1) is 11.3 Å². The Labute approximate surface area is 130 Å². The van der Waals surface area contributed by atoms with Crippen LogP contribution in [0.15, 0.2) is 42.5 Å². The van der Waals surface area contributed by atoms with Crippen LogP contribution in [0.4, 0.5) is 0 Å². The largest absolute Gasteiger partial charge is 0.326 e. The van der Waals surface area contributed by atoms with Crippen molar-refractivity contribution in [2.45, 2.75) is 0 Å². The van der Waals surface area contributed by atoms with E-state index in [4.69, 9.17) is 23.8 Å². The van der Waals surface area contributed by atoms with E-state index in [-0.39, 0.29) is 5.78 Å². The van der Waals surface area contributed by atoms with Gasteiger partial charge >= 0.3 is 0 Å². The molecule has 2 aromatic carbocycles. The lowest BCUT2D eigenvalue weighted by Gasteiger charge is -2.02. The first-order valence-corrected chi connectivity index (χ1v) is 7.56. The SMILES string of the molecule is Cn1c(=S)sc2cc(C(=O)c3ccc(Cl)cc3)ccc21. The third-order valence-corrected chi connectivity index (χ3v) is 4.93. The first-order valence-electron chi connectivity index (χ1n) is 5.96. The Morgan fingerprint density at radius 2 is 1.80 bits per heavy atom. The van der Waals surface area contributed by atoms with Crippen molar-refractivity contribution in [3.63, 3.8) is 0 Å². The summed E-state index contributed by atoms with van der Waals surface area (Å²) < 4.78 is 3.78. The van der Waals surface area contributed by atoms with E-state index in [1.54, 1.807) is 24.3 Å². The van der Waals surface area contributed by atoms with Crippen LogP contribution in [-0.4, -0.2) is 10.4 Å². The second-order valence-corrected chi connectivity index (χ2v) is 6.56. The average Bonchev–Trinajstić information content (AvgIpc) is 2.74. The van der Waals surface area contributed by atoms with Gasteiger partial charge in [0.05, 0.1) is 10.2 Å². The number of rotatable bonds is 2. The molecule has 0 amide bonds. The number of fused-ring (bicyclic) bond motifs is 1. The predicted octanol–water partition coefficient (Wildman–Crippen LogP) is 4.85. The molecule has 0 aliphatic rings. The number of aryl methyl sites for hydroxylation is 1. The van der Waals surface area contributed by atoms with Crippen molar-refractivity contribution in [1.29, 1.82) is 0 Å². The van der Waals surface area contributed by atoms with Crippen molar-refractivity contribution in [2.75, 3.05) is 0 Å². The summed E-state index contributed by atoms with van der Waals surface area (Å²) in [6, 6.07) is 12.6.